The van der Waals surface area contributed by atoms with Gasteiger partial charge in [0.25, 0.3) is 0 Å². The molecule has 0 bridgehead atoms. The van der Waals surface area contributed by atoms with E-state index in [-0.39, 0.29) is 43.8 Å². The van der Waals surface area contributed by atoms with Crippen LogP contribution in [0.2, 0.25) is 0 Å². The Balaban J connectivity index is 1.90. The molecular weight excluding hydrogens is 550 g/mol. The van der Waals surface area contributed by atoms with Gasteiger partial charge in [-0.15, -0.1) is 0 Å². The van der Waals surface area contributed by atoms with Crippen molar-refractivity contribution in [1.82, 2.24) is 10.2 Å². The Hall–Kier alpha value is -3.85. The number of hydrogen-bond donors (Lipinski definition) is 1. The van der Waals surface area contributed by atoms with Gasteiger partial charge in [-0.05, 0) is 55.5 Å². The number of hydrogen-bond acceptors (Lipinski definition) is 5. The molecule has 0 aromatic heterocycles. The van der Waals surface area contributed by atoms with Crippen LogP contribution in [0.1, 0.15) is 49.8 Å². The molecule has 0 saturated heterocycles. The lowest BCUT2D eigenvalue weighted by Gasteiger charge is -2.33. The van der Waals surface area contributed by atoms with Crippen LogP contribution in [0.25, 0.3) is 0 Å². The summed E-state index contributed by atoms with van der Waals surface area (Å²) < 4.78 is 31.9. The third kappa shape index (κ3) is 9.34. The van der Waals surface area contributed by atoms with E-state index in [2.05, 4.69) is 5.32 Å². The van der Waals surface area contributed by atoms with Gasteiger partial charge in [-0.3, -0.25) is 13.9 Å². The van der Waals surface area contributed by atoms with Gasteiger partial charge in [0.2, 0.25) is 21.8 Å². The van der Waals surface area contributed by atoms with Crippen molar-refractivity contribution >= 4 is 27.5 Å². The number of anilines is 1. The zero-order valence-electron chi connectivity index (χ0n) is 25.2. The summed E-state index contributed by atoms with van der Waals surface area (Å²) in [4.78, 5) is 29.3. The van der Waals surface area contributed by atoms with E-state index >= 15 is 0 Å². The molecule has 0 fully saturated rings. The van der Waals surface area contributed by atoms with Crippen molar-refractivity contribution in [3.63, 3.8) is 0 Å². The highest BCUT2D eigenvalue weighted by Crippen LogP contribution is 2.24. The molecule has 3 aromatic carbocycles. The number of benzene rings is 3. The van der Waals surface area contributed by atoms with E-state index in [1.165, 1.54) is 11.4 Å². The minimum atomic E-state index is -3.61. The Morgan fingerprint density at radius 2 is 1.67 bits per heavy atom. The van der Waals surface area contributed by atoms with E-state index in [1.54, 1.807) is 29.2 Å². The van der Waals surface area contributed by atoms with Gasteiger partial charge in [0.1, 0.15) is 11.8 Å². The van der Waals surface area contributed by atoms with Gasteiger partial charge in [0.15, 0.2) is 0 Å². The van der Waals surface area contributed by atoms with Gasteiger partial charge < -0.3 is 15.0 Å². The van der Waals surface area contributed by atoms with Gasteiger partial charge in [-0.2, -0.15) is 0 Å². The van der Waals surface area contributed by atoms with Gasteiger partial charge >= 0.3 is 0 Å². The molecule has 3 rings (SSSR count). The normalized spacial score (nSPS) is 12.7. The molecule has 8 nitrogen and oxygen atoms in total. The highest BCUT2D eigenvalue weighted by Gasteiger charge is 2.31. The fraction of sp³-hybridized carbons (Fsp3) is 0.394. The van der Waals surface area contributed by atoms with Crippen LogP contribution >= 0.6 is 0 Å². The fourth-order valence-corrected chi connectivity index (χ4v) is 5.69. The highest BCUT2D eigenvalue weighted by atomic mass is 32.2. The second-order valence-corrected chi connectivity index (χ2v) is 12.5. The summed E-state index contributed by atoms with van der Waals surface area (Å²) in [5.74, 6) is 0.125. The van der Waals surface area contributed by atoms with Crippen LogP contribution < -0.4 is 14.4 Å². The average Bonchev–Trinajstić information content (AvgIpc) is 2.97. The number of carbonyl (C=O) groups excluding carboxylic acids is 2. The first-order chi connectivity index (χ1) is 20.0. The summed E-state index contributed by atoms with van der Waals surface area (Å²) in [6.07, 6.45) is 2.62. The lowest BCUT2D eigenvalue weighted by atomic mass is 10.0. The summed E-state index contributed by atoms with van der Waals surface area (Å²) in [5, 5.41) is 3.08. The molecule has 0 spiro atoms. The van der Waals surface area contributed by atoms with E-state index in [0.717, 1.165) is 29.4 Å². The van der Waals surface area contributed by atoms with Crippen molar-refractivity contribution in [1.29, 1.82) is 0 Å². The number of sulfonamides is 1. The molecule has 0 aliphatic heterocycles. The van der Waals surface area contributed by atoms with Crippen LogP contribution in [-0.2, 0) is 32.6 Å². The maximum atomic E-state index is 14.0. The SMILES string of the molecule is CC[C@H](C)NC(=O)[C@H](Cc1ccccc1)N(Cc1ccccc1C)C(=O)CCCN(c1cccc(OC)c1)S(C)(=O)=O. The number of aryl methyl sites for hydroxylation is 1. The van der Waals surface area contributed by atoms with Crippen molar-refractivity contribution in [2.45, 2.75) is 65.1 Å². The average molecular weight is 594 g/mol. The minimum Gasteiger partial charge on any atom is -0.497 e. The third-order valence-electron chi connectivity index (χ3n) is 7.37. The molecule has 0 heterocycles. The molecule has 2 amide bonds. The lowest BCUT2D eigenvalue weighted by Crippen LogP contribution is -2.52. The van der Waals surface area contributed by atoms with Gasteiger partial charge in [0.05, 0.1) is 19.1 Å². The molecule has 1 N–H and O–H groups in total. The van der Waals surface area contributed by atoms with Crippen molar-refractivity contribution in [3.8, 4) is 5.75 Å². The van der Waals surface area contributed by atoms with Crippen LogP contribution in [0.5, 0.6) is 5.75 Å². The molecule has 0 aliphatic carbocycles. The fourth-order valence-electron chi connectivity index (χ4n) is 4.74. The van der Waals surface area contributed by atoms with Crippen molar-refractivity contribution < 1.29 is 22.7 Å². The number of nitrogens with one attached hydrogen (secondary N) is 1. The smallest absolute Gasteiger partial charge is 0.243 e. The van der Waals surface area contributed by atoms with E-state index in [4.69, 9.17) is 4.74 Å². The largest absolute Gasteiger partial charge is 0.497 e. The Bertz CT molecular complexity index is 1430. The van der Waals surface area contributed by atoms with Crippen LogP contribution in [-0.4, -0.2) is 57.1 Å². The molecule has 3 aromatic rings. The first-order valence-corrected chi connectivity index (χ1v) is 16.2. The van der Waals surface area contributed by atoms with E-state index in [1.807, 2.05) is 75.4 Å². The topological polar surface area (TPSA) is 96.0 Å². The number of ether oxygens (including phenoxy) is 1. The molecule has 2 atom stereocenters. The van der Waals surface area contributed by atoms with E-state index in [0.29, 0.717) is 17.9 Å². The van der Waals surface area contributed by atoms with E-state index < -0.39 is 16.1 Å². The highest BCUT2D eigenvalue weighted by molar-refractivity contribution is 7.92. The number of nitrogens with zero attached hydrogens (tertiary/aromatic N) is 2. The number of carbonyl (C=O) groups is 2. The Kier molecular flexibility index (Phi) is 12.0. The monoisotopic (exact) mass is 593 g/mol. The zero-order chi connectivity index (χ0) is 30.7. The minimum absolute atomic E-state index is 0.0441. The van der Waals surface area contributed by atoms with Gasteiger partial charge in [0, 0.05) is 38.0 Å². The van der Waals surface area contributed by atoms with Crippen LogP contribution in [0, 0.1) is 6.92 Å². The molecule has 42 heavy (non-hydrogen) atoms. The maximum absolute atomic E-state index is 14.0. The summed E-state index contributed by atoms with van der Waals surface area (Å²) >= 11 is 0. The first kappa shape index (κ1) is 32.7. The van der Waals surface area contributed by atoms with Crippen LogP contribution in [0.15, 0.2) is 78.9 Å². The molecule has 0 aliphatic rings. The maximum Gasteiger partial charge on any atom is 0.243 e. The number of rotatable bonds is 15. The van der Waals surface area contributed by atoms with Gasteiger partial charge in [-0.1, -0.05) is 67.6 Å². The lowest BCUT2D eigenvalue weighted by molar-refractivity contribution is -0.141. The predicted octanol–water partition coefficient (Wildman–Crippen LogP) is 5.10. The molecule has 226 valence electrons. The van der Waals surface area contributed by atoms with Crippen molar-refractivity contribution in [3.05, 3.63) is 95.6 Å². The van der Waals surface area contributed by atoms with Crippen molar-refractivity contribution in [2.75, 3.05) is 24.2 Å². The quantitative estimate of drug-likeness (QED) is 0.264. The molecule has 0 radical (unpaired) electrons. The Morgan fingerprint density at radius 3 is 2.31 bits per heavy atom. The molecule has 0 unspecified atom stereocenters. The molecular formula is C33H43N3O5S. The van der Waals surface area contributed by atoms with E-state index in [9.17, 15) is 18.0 Å². The zero-order valence-corrected chi connectivity index (χ0v) is 26.1. The second-order valence-electron chi connectivity index (χ2n) is 10.6. The number of methoxy groups -OCH3 is 1. The molecule has 0 saturated carbocycles. The Morgan fingerprint density at radius 1 is 0.976 bits per heavy atom. The van der Waals surface area contributed by atoms with Crippen LogP contribution in [0.4, 0.5) is 5.69 Å². The van der Waals surface area contributed by atoms with Crippen LogP contribution in [0.3, 0.4) is 0 Å². The Labute approximate surface area is 250 Å². The van der Waals surface area contributed by atoms with Crippen molar-refractivity contribution in [2.24, 2.45) is 0 Å². The summed E-state index contributed by atoms with van der Waals surface area (Å²) in [5.41, 5.74) is 3.40. The number of amides is 2. The van der Waals surface area contributed by atoms with Gasteiger partial charge in [-0.25, -0.2) is 8.42 Å². The standard InChI is InChI=1S/C33H43N3O5S/c1-6-26(3)34-33(38)31(22-27-15-8-7-9-16-27)35(24-28-17-11-10-14-25(28)2)32(37)20-13-21-36(42(5,39)40)29-18-12-19-30(23-29)41-4/h7-12,14-19,23,26,31H,6,13,20-22,24H2,1-5H3,(H,34,38)/t26-,31-/m0/s1. The first-order valence-electron chi connectivity index (χ1n) is 14.3. The second kappa shape index (κ2) is 15.4. The summed E-state index contributed by atoms with van der Waals surface area (Å²) in [7, 11) is -2.09. The summed E-state index contributed by atoms with van der Waals surface area (Å²) in [6, 6.07) is 23.5. The third-order valence-corrected chi connectivity index (χ3v) is 8.56. The predicted molar refractivity (Wildman–Crippen MR) is 168 cm³/mol. The summed E-state index contributed by atoms with van der Waals surface area (Å²) in [6.45, 7) is 6.31. The molecule has 9 heteroatoms.